The third kappa shape index (κ3) is 3.81. The molecule has 3 rings (SSSR count). The molecule has 0 aliphatic rings. The molecule has 0 radical (unpaired) electrons. The van der Waals surface area contributed by atoms with Gasteiger partial charge in [-0.05, 0) is 18.0 Å². The number of rotatable bonds is 0. The normalized spacial score (nSPS) is 11.4. The molecule has 0 saturated carbocycles. The molecule has 23 heavy (non-hydrogen) atoms. The van der Waals surface area contributed by atoms with Gasteiger partial charge in [0.2, 0.25) is 0 Å². The number of nitrogen functional groups attached to an aromatic ring is 1. The van der Waals surface area contributed by atoms with E-state index in [0.717, 1.165) is 33.4 Å². The molecule has 0 spiro atoms. The van der Waals surface area contributed by atoms with Crippen LogP contribution in [0.1, 0.15) is 17.0 Å². The average Bonchev–Trinajstić information content (AvgIpc) is 2.45. The largest absolute Gasteiger partial charge is 0.380 e. The van der Waals surface area contributed by atoms with Crippen LogP contribution in [0.4, 0.5) is 5.82 Å². The van der Waals surface area contributed by atoms with Crippen molar-refractivity contribution in [1.29, 1.82) is 0 Å². The van der Waals surface area contributed by atoms with E-state index < -0.39 is 10.2 Å². The lowest BCUT2D eigenvalue weighted by Crippen LogP contribution is -2.68. The van der Waals surface area contributed by atoms with E-state index >= 15 is 0 Å². The summed E-state index contributed by atoms with van der Waals surface area (Å²) in [6, 6.07) is 7.96. The summed E-state index contributed by atoms with van der Waals surface area (Å²) in [5, 5.41) is 6.43. The lowest BCUT2D eigenvalue weighted by Gasteiger charge is -2.17. The van der Waals surface area contributed by atoms with Crippen molar-refractivity contribution in [3.8, 4) is 0 Å². The Bertz CT molecular complexity index is 874. The van der Waals surface area contributed by atoms with Crippen LogP contribution >= 0.6 is 0 Å². The molecule has 2 N–H and O–H groups in total. The molecule has 2 heterocycles. The van der Waals surface area contributed by atoms with Gasteiger partial charge in [0.1, 0.15) is 5.69 Å². The monoisotopic (exact) mass is 338 g/mol. The van der Waals surface area contributed by atoms with Crippen LogP contribution in [-0.2, 0) is 0 Å². The molecular weight excluding hydrogens is 324 g/mol. The number of halogens is 1. The minimum atomic E-state index is -4.94. The molecule has 0 atom stereocenters. The van der Waals surface area contributed by atoms with Crippen LogP contribution in [0.3, 0.4) is 0 Å². The molecule has 8 nitrogen and oxygen atoms in total. The molecule has 9 heteroatoms. The standard InChI is InChI=1S/C14H15N4.ClHO4/c1-8-9(2)16-14-12-7-5-4-6-11(12)13(15)17-18(14)10(8)3;2-1(3,4)5/h4-7H,1-3H3,(H2,15,17);(H,2,3,4,5)/q+1;/p-1. The number of anilines is 1. The van der Waals surface area contributed by atoms with Gasteiger partial charge in [-0.3, -0.25) is 0 Å². The number of fused-ring (bicyclic) bond motifs is 3. The third-order valence-corrected chi connectivity index (χ3v) is 3.53. The van der Waals surface area contributed by atoms with E-state index in [1.165, 1.54) is 0 Å². The van der Waals surface area contributed by atoms with Crippen molar-refractivity contribution in [3.63, 3.8) is 0 Å². The molecule has 0 bridgehead atoms. The van der Waals surface area contributed by atoms with E-state index in [1.807, 2.05) is 42.6 Å². The van der Waals surface area contributed by atoms with E-state index in [4.69, 9.17) is 24.4 Å². The van der Waals surface area contributed by atoms with E-state index in [1.54, 1.807) is 0 Å². The van der Waals surface area contributed by atoms with Gasteiger partial charge in [-0.1, -0.05) is 27.8 Å². The molecule has 3 aromatic rings. The summed E-state index contributed by atoms with van der Waals surface area (Å²) in [5.41, 5.74) is 10.1. The molecule has 0 aliphatic heterocycles. The highest BCUT2D eigenvalue weighted by Crippen LogP contribution is 2.21. The lowest BCUT2D eigenvalue weighted by atomic mass is 10.1. The zero-order valence-corrected chi connectivity index (χ0v) is 13.5. The van der Waals surface area contributed by atoms with Crippen molar-refractivity contribution in [2.45, 2.75) is 20.8 Å². The number of hydrogen-bond donors (Lipinski definition) is 1. The highest BCUT2D eigenvalue weighted by molar-refractivity contribution is 5.97. The maximum Gasteiger partial charge on any atom is 0.356 e. The molecule has 0 unspecified atom stereocenters. The van der Waals surface area contributed by atoms with Crippen LogP contribution in [0.5, 0.6) is 0 Å². The number of aryl methyl sites for hydroxylation is 2. The van der Waals surface area contributed by atoms with Gasteiger partial charge in [0, 0.05) is 24.8 Å². The first kappa shape index (κ1) is 17.3. The summed E-state index contributed by atoms with van der Waals surface area (Å²) >= 11 is 0. The van der Waals surface area contributed by atoms with E-state index in [-0.39, 0.29) is 0 Å². The first-order valence-electron chi connectivity index (χ1n) is 6.55. The topological polar surface area (TPSA) is 148 Å². The second kappa shape index (κ2) is 6.19. The zero-order chi connectivity index (χ0) is 17.4. The van der Waals surface area contributed by atoms with Gasteiger partial charge in [-0.25, -0.2) is 18.6 Å². The van der Waals surface area contributed by atoms with Gasteiger partial charge < -0.3 is 5.73 Å². The smallest absolute Gasteiger partial charge is 0.356 e. The Kier molecular flexibility index (Phi) is 4.64. The van der Waals surface area contributed by atoms with Crippen molar-refractivity contribution >= 4 is 22.2 Å². The summed E-state index contributed by atoms with van der Waals surface area (Å²) in [6.07, 6.45) is 0. The number of nitrogens with zero attached hydrogens (tertiary/aromatic N) is 3. The van der Waals surface area contributed by atoms with Crippen LogP contribution in [0.2, 0.25) is 0 Å². The van der Waals surface area contributed by atoms with Crippen LogP contribution in [-0.4, -0.2) is 10.1 Å². The van der Waals surface area contributed by atoms with Crippen LogP contribution in [0.25, 0.3) is 16.4 Å². The van der Waals surface area contributed by atoms with Crippen LogP contribution in [0.15, 0.2) is 24.3 Å². The predicted molar refractivity (Wildman–Crippen MR) is 71.3 cm³/mol. The van der Waals surface area contributed by atoms with Gasteiger partial charge in [-0.2, -0.15) is 0 Å². The Hall–Kier alpha value is -2.10. The zero-order valence-electron chi connectivity index (χ0n) is 12.7. The molecule has 0 saturated heterocycles. The summed E-state index contributed by atoms with van der Waals surface area (Å²) in [4.78, 5) is 4.65. The van der Waals surface area contributed by atoms with Crippen LogP contribution in [0, 0.1) is 31.0 Å². The number of nitrogens with two attached hydrogens (primary N) is 1. The van der Waals surface area contributed by atoms with Gasteiger partial charge in [0.15, 0.2) is 11.5 Å². The van der Waals surface area contributed by atoms with E-state index in [9.17, 15) is 0 Å². The van der Waals surface area contributed by atoms with E-state index in [2.05, 4.69) is 17.0 Å². The molecule has 0 amide bonds. The molecule has 122 valence electrons. The minimum absolute atomic E-state index is 0.538. The fraction of sp³-hybridized carbons (Fsp3) is 0.214. The average molecular weight is 339 g/mol. The Balaban J connectivity index is 0.000000338. The van der Waals surface area contributed by atoms with Gasteiger partial charge in [-0.15, -0.1) is 10.2 Å². The summed E-state index contributed by atoms with van der Waals surface area (Å²) < 4.78 is 35.8. The second-order valence-corrected chi connectivity index (χ2v) is 5.71. The Morgan fingerprint density at radius 2 is 1.52 bits per heavy atom. The maximum atomic E-state index is 8.49. The third-order valence-electron chi connectivity index (χ3n) is 3.53. The quantitative estimate of drug-likeness (QED) is 0.342. The van der Waals surface area contributed by atoms with Crippen molar-refractivity contribution in [3.05, 3.63) is 41.2 Å². The number of benzene rings is 1. The van der Waals surface area contributed by atoms with E-state index in [0.29, 0.717) is 5.82 Å². The summed E-state index contributed by atoms with van der Waals surface area (Å²) in [5.74, 6) is 0.538. The first-order chi connectivity index (χ1) is 10.6. The minimum Gasteiger partial charge on any atom is -0.380 e. The number of hydrogen-bond acceptors (Lipinski definition) is 7. The van der Waals surface area contributed by atoms with Crippen molar-refractivity contribution in [2.75, 3.05) is 5.73 Å². The number of aromatic nitrogens is 3. The Morgan fingerprint density at radius 1 is 1.00 bits per heavy atom. The molecular formula is C14H15ClN4O4. The molecule has 0 fully saturated rings. The SMILES string of the molecule is Cc1nc2c3ccccc3c(N)n[n+]2c(C)c1C.[O-][Cl+3]([O-])([O-])[O-]. The Morgan fingerprint density at radius 3 is 2.09 bits per heavy atom. The predicted octanol–water partition coefficient (Wildman–Crippen LogP) is -2.88. The van der Waals surface area contributed by atoms with Gasteiger partial charge in [0.05, 0.1) is 5.39 Å². The fourth-order valence-corrected chi connectivity index (χ4v) is 2.23. The lowest BCUT2D eigenvalue weighted by molar-refractivity contribution is -2.00. The van der Waals surface area contributed by atoms with Gasteiger partial charge in [0.25, 0.3) is 0 Å². The summed E-state index contributed by atoms with van der Waals surface area (Å²) in [6.45, 7) is 6.11. The molecule has 0 aliphatic carbocycles. The van der Waals surface area contributed by atoms with Crippen LogP contribution < -0.4 is 28.9 Å². The van der Waals surface area contributed by atoms with Crippen molar-refractivity contribution in [1.82, 2.24) is 10.1 Å². The maximum absolute atomic E-state index is 8.49. The van der Waals surface area contributed by atoms with Gasteiger partial charge >= 0.3 is 5.65 Å². The van der Waals surface area contributed by atoms with Crippen molar-refractivity contribution < 1.29 is 33.4 Å². The fourth-order valence-electron chi connectivity index (χ4n) is 2.23. The highest BCUT2D eigenvalue weighted by atomic mass is 35.7. The molecule has 2 aromatic heterocycles. The van der Waals surface area contributed by atoms with Crippen molar-refractivity contribution in [2.24, 2.45) is 0 Å². The molecule has 1 aromatic carbocycles. The highest BCUT2D eigenvalue weighted by Gasteiger charge is 2.19. The Labute approximate surface area is 134 Å². The summed E-state index contributed by atoms with van der Waals surface area (Å²) in [7, 11) is -4.94. The first-order valence-corrected chi connectivity index (χ1v) is 7.79. The second-order valence-electron chi connectivity index (χ2n) is 4.95.